The normalized spacial score (nSPS) is 12.8. The van der Waals surface area contributed by atoms with E-state index in [4.69, 9.17) is 0 Å². The molecule has 0 bridgehead atoms. The molecule has 1 aromatic carbocycles. The number of nitrogens with one attached hydrogen (secondary N) is 1. The fraction of sp³-hybridized carbons (Fsp3) is 0.348. The number of unbranched alkanes of at least 4 members (excludes halogenated alkanes) is 1. The Morgan fingerprint density at radius 1 is 1.39 bits per heavy atom. The summed E-state index contributed by atoms with van der Waals surface area (Å²) in [7, 11) is 2.93. The fourth-order valence-corrected chi connectivity index (χ4v) is 4.04. The first-order chi connectivity index (χ1) is 16.1. The van der Waals surface area contributed by atoms with Gasteiger partial charge in [0.15, 0.2) is 5.69 Å². The zero-order valence-corrected chi connectivity index (χ0v) is 21.0. The summed E-state index contributed by atoms with van der Waals surface area (Å²) in [6, 6.07) is 4.76. The van der Waals surface area contributed by atoms with E-state index >= 15 is 0 Å². The molecule has 2 aromatic rings. The smallest absolute Gasteiger partial charge is 0.255 e. The van der Waals surface area contributed by atoms with Gasteiger partial charge in [0.2, 0.25) is 5.91 Å². The third kappa shape index (κ3) is 6.36. The molecular formula is C23H22IN5O3S. The number of aldehydes is 1. The van der Waals surface area contributed by atoms with Crippen molar-refractivity contribution in [3.05, 3.63) is 46.8 Å². The van der Waals surface area contributed by atoms with Gasteiger partial charge in [0, 0.05) is 65.3 Å². The quantitative estimate of drug-likeness (QED) is 0.225. The van der Waals surface area contributed by atoms with Crippen LogP contribution in [0, 0.1) is 23.0 Å². The number of halogens is 1. The van der Waals surface area contributed by atoms with Crippen molar-refractivity contribution in [3.63, 3.8) is 0 Å². The first-order valence-corrected chi connectivity index (χ1v) is 13.7. The Hall–Kier alpha value is -2.83. The third-order valence-corrected chi connectivity index (χ3v) is 5.99. The van der Waals surface area contributed by atoms with Crippen molar-refractivity contribution < 1.29 is 14.4 Å². The molecule has 1 aliphatic rings. The first-order valence-electron chi connectivity index (χ1n) is 10.3. The highest BCUT2D eigenvalue weighted by Crippen LogP contribution is 2.28. The summed E-state index contributed by atoms with van der Waals surface area (Å²) in [6.45, 7) is 0.985. The van der Waals surface area contributed by atoms with E-state index in [-0.39, 0.29) is 24.7 Å². The summed E-state index contributed by atoms with van der Waals surface area (Å²) in [4.78, 5) is 37.6. The minimum Gasteiger partial charge on any atom is -0.357 e. The second kappa shape index (κ2) is 12.4. The molecule has 8 nitrogen and oxygen atoms in total. The molecule has 0 radical (unpaired) electrons. The van der Waals surface area contributed by atoms with Crippen LogP contribution in [0.2, 0.25) is 0 Å². The van der Waals surface area contributed by atoms with Crippen LogP contribution in [-0.4, -0.2) is 51.1 Å². The van der Waals surface area contributed by atoms with Gasteiger partial charge in [-0.2, -0.15) is 0 Å². The lowest BCUT2D eigenvalue weighted by Gasteiger charge is -2.25. The maximum Gasteiger partial charge on any atom is 0.255 e. The minimum atomic E-state index is -0.686. The van der Waals surface area contributed by atoms with Crippen LogP contribution in [0.1, 0.15) is 52.9 Å². The number of rotatable bonds is 8. The highest BCUT2D eigenvalue weighted by molar-refractivity contribution is 14.2. The van der Waals surface area contributed by atoms with E-state index in [1.54, 1.807) is 16.8 Å². The summed E-state index contributed by atoms with van der Waals surface area (Å²) in [5.41, 5.74) is 2.80. The summed E-state index contributed by atoms with van der Waals surface area (Å²) >= 11 is 2.10. The monoisotopic (exact) mass is 575 g/mol. The van der Waals surface area contributed by atoms with Gasteiger partial charge in [-0.3, -0.25) is 14.3 Å². The second-order valence-corrected chi connectivity index (χ2v) is 8.89. The molecular weight excluding hydrogens is 553 g/mol. The molecule has 0 saturated heterocycles. The lowest BCUT2D eigenvalue weighted by molar-refractivity contribution is -0.125. The zero-order chi connectivity index (χ0) is 23.6. The Bertz CT molecular complexity index is 1160. The summed E-state index contributed by atoms with van der Waals surface area (Å²) in [5, 5.41) is 13.5. The molecule has 2 amide bonds. The van der Waals surface area contributed by atoms with E-state index in [0.29, 0.717) is 30.8 Å². The first kappa shape index (κ1) is 24.8. The molecule has 1 aromatic heterocycles. The number of hydrogen-bond donors (Lipinski definition) is 1. The average molecular weight is 575 g/mol. The Kier molecular flexibility index (Phi) is 9.34. The van der Waals surface area contributed by atoms with Gasteiger partial charge in [-0.1, -0.05) is 23.1 Å². The highest BCUT2D eigenvalue weighted by Gasteiger charge is 2.36. The molecule has 0 spiro atoms. The van der Waals surface area contributed by atoms with Gasteiger partial charge in [-0.05, 0) is 50.6 Å². The van der Waals surface area contributed by atoms with Crippen LogP contribution in [0.4, 0.5) is 0 Å². The number of likely N-dealkylation sites (N-methyl/N-ethyl adjacent to an activating group) is 1. The molecule has 1 atom stereocenters. The predicted molar refractivity (Wildman–Crippen MR) is 134 cm³/mol. The lowest BCUT2D eigenvalue weighted by atomic mass is 10.0. The van der Waals surface area contributed by atoms with Crippen LogP contribution in [0.25, 0.3) is 0 Å². The van der Waals surface area contributed by atoms with Crippen molar-refractivity contribution in [2.24, 2.45) is 0 Å². The van der Waals surface area contributed by atoms with Gasteiger partial charge in [0.25, 0.3) is 5.91 Å². The van der Waals surface area contributed by atoms with E-state index in [1.807, 2.05) is 12.3 Å². The largest absolute Gasteiger partial charge is 0.357 e. The van der Waals surface area contributed by atoms with Crippen LogP contribution < -0.4 is 5.32 Å². The SMILES string of the molecule is CNC(=O)C(CCC=O)N1Cc2c(C#CCCCn3cc(C#CSI)nn3)cccc2C1=O. The van der Waals surface area contributed by atoms with Crippen molar-refractivity contribution >= 4 is 48.2 Å². The number of hydrogen-bond acceptors (Lipinski definition) is 6. The van der Waals surface area contributed by atoms with E-state index < -0.39 is 6.04 Å². The summed E-state index contributed by atoms with van der Waals surface area (Å²) in [5.74, 6) is 8.77. The Labute approximate surface area is 208 Å². The number of benzene rings is 1. The zero-order valence-electron chi connectivity index (χ0n) is 18.0. The average Bonchev–Trinajstić information content (AvgIpc) is 3.42. The topological polar surface area (TPSA) is 97.2 Å². The van der Waals surface area contributed by atoms with Gasteiger partial charge in [-0.25, -0.2) is 0 Å². The van der Waals surface area contributed by atoms with Gasteiger partial charge in [0.1, 0.15) is 12.3 Å². The minimum absolute atomic E-state index is 0.209. The van der Waals surface area contributed by atoms with Gasteiger partial charge >= 0.3 is 0 Å². The predicted octanol–water partition coefficient (Wildman–Crippen LogP) is 2.55. The van der Waals surface area contributed by atoms with Crippen LogP contribution >= 0.6 is 30.1 Å². The van der Waals surface area contributed by atoms with Crippen LogP contribution in [0.3, 0.4) is 0 Å². The maximum atomic E-state index is 13.0. The summed E-state index contributed by atoms with van der Waals surface area (Å²) < 4.78 is 1.75. The Morgan fingerprint density at radius 2 is 2.24 bits per heavy atom. The van der Waals surface area contributed by atoms with E-state index in [1.165, 1.54) is 20.9 Å². The molecule has 0 aliphatic carbocycles. The molecule has 1 aliphatic heterocycles. The summed E-state index contributed by atoms with van der Waals surface area (Å²) in [6.07, 6.45) is 4.53. The molecule has 10 heteroatoms. The van der Waals surface area contributed by atoms with E-state index in [0.717, 1.165) is 23.8 Å². The van der Waals surface area contributed by atoms with Gasteiger partial charge in [-0.15, -0.1) is 5.10 Å². The highest BCUT2D eigenvalue weighted by atomic mass is 127. The van der Waals surface area contributed by atoms with Crippen LogP contribution in [-0.2, 0) is 22.7 Å². The molecule has 0 saturated carbocycles. The van der Waals surface area contributed by atoms with Gasteiger partial charge < -0.3 is 15.0 Å². The number of aryl methyl sites for hydroxylation is 1. The molecule has 1 N–H and O–H groups in total. The molecule has 2 heterocycles. The standard InChI is InChI=1S/C23H22IN5O3S/c1-25-22(31)21(10-6-13-30)29-16-20-17(8-5-9-19(20)23(29)32)7-3-2-4-12-28-15-18(26-27-28)11-14-33-24/h5,8-9,13,15,21H,2,4,6,10,12,16H2,1H3,(H,25,31). The number of amides is 2. The molecule has 3 rings (SSSR count). The van der Waals surface area contributed by atoms with E-state index in [2.05, 4.69) is 59.8 Å². The maximum absolute atomic E-state index is 13.0. The van der Waals surface area contributed by atoms with Crippen molar-refractivity contribution in [1.82, 2.24) is 25.2 Å². The van der Waals surface area contributed by atoms with Crippen molar-refractivity contribution in [2.75, 3.05) is 7.05 Å². The fourth-order valence-electron chi connectivity index (χ4n) is 3.57. The molecule has 0 fully saturated rings. The number of fused-ring (bicyclic) bond motifs is 1. The van der Waals surface area contributed by atoms with Crippen molar-refractivity contribution in [1.29, 1.82) is 0 Å². The third-order valence-electron chi connectivity index (χ3n) is 5.15. The number of aromatic nitrogens is 3. The number of nitrogens with zero attached hydrogens (tertiary/aromatic N) is 4. The van der Waals surface area contributed by atoms with Crippen LogP contribution in [0.15, 0.2) is 24.4 Å². The van der Waals surface area contributed by atoms with Gasteiger partial charge in [0.05, 0.1) is 6.20 Å². The van der Waals surface area contributed by atoms with Crippen molar-refractivity contribution in [3.8, 4) is 23.0 Å². The van der Waals surface area contributed by atoms with E-state index in [9.17, 15) is 14.4 Å². The second-order valence-electron chi connectivity index (χ2n) is 7.22. The molecule has 1 unspecified atom stereocenters. The molecule has 170 valence electrons. The number of carbonyl (C=O) groups excluding carboxylic acids is 3. The van der Waals surface area contributed by atoms with Crippen molar-refractivity contribution in [2.45, 2.75) is 44.8 Å². The van der Waals surface area contributed by atoms with Crippen LogP contribution in [0.5, 0.6) is 0 Å². The Morgan fingerprint density at radius 3 is 3.00 bits per heavy atom. The Balaban J connectivity index is 1.65. The lowest BCUT2D eigenvalue weighted by Crippen LogP contribution is -2.46. The molecule has 33 heavy (non-hydrogen) atoms. The number of carbonyl (C=O) groups is 3.